The number of aromatic nitrogens is 1. The normalized spacial score (nSPS) is 28.9. The van der Waals surface area contributed by atoms with Crippen LogP contribution in [-0.4, -0.2) is 36.7 Å². The molecule has 2 N–H and O–H groups in total. The van der Waals surface area contributed by atoms with Crippen molar-refractivity contribution in [3.05, 3.63) is 70.9 Å². The van der Waals surface area contributed by atoms with E-state index in [0.717, 1.165) is 35.1 Å². The number of halogens is 3. The molecule has 0 bridgehead atoms. The van der Waals surface area contributed by atoms with Crippen molar-refractivity contribution in [2.75, 3.05) is 20.6 Å². The Hall–Kier alpha value is -2.31. The fraction of sp³-hybridized carbons (Fsp3) is 0.417. The number of aromatic amines is 1. The first-order valence-electron chi connectivity index (χ1n) is 10.5. The first-order chi connectivity index (χ1) is 14.4. The van der Waals surface area contributed by atoms with Crippen LogP contribution in [0.4, 0.5) is 13.2 Å². The molecule has 5 rings (SSSR count). The van der Waals surface area contributed by atoms with Gasteiger partial charge >= 0.3 is 0 Å². The van der Waals surface area contributed by atoms with Gasteiger partial charge in [-0.05, 0) is 74.8 Å². The van der Waals surface area contributed by atoms with Crippen molar-refractivity contribution in [2.45, 2.75) is 42.9 Å². The van der Waals surface area contributed by atoms with Gasteiger partial charge in [-0.15, -0.1) is 0 Å². The molecule has 3 atom stereocenters. The average molecular weight is 413 g/mol. The molecule has 1 fully saturated rings. The van der Waals surface area contributed by atoms with Gasteiger partial charge in [0.2, 0.25) is 0 Å². The monoisotopic (exact) mass is 413 g/mol. The number of rotatable bonds is 2. The van der Waals surface area contributed by atoms with Gasteiger partial charge < -0.3 is 10.3 Å². The van der Waals surface area contributed by atoms with Crippen LogP contribution in [-0.2, 0) is 17.5 Å². The maximum absolute atomic E-state index is 16.1. The minimum absolute atomic E-state index is 0.262. The lowest BCUT2D eigenvalue weighted by molar-refractivity contribution is -0.0295. The van der Waals surface area contributed by atoms with Crippen LogP contribution in [0.5, 0.6) is 0 Å². The molecule has 158 valence electrons. The molecule has 3 nitrogen and oxygen atoms in total. The lowest BCUT2D eigenvalue weighted by atomic mass is 9.65. The van der Waals surface area contributed by atoms with E-state index in [4.69, 9.17) is 0 Å². The van der Waals surface area contributed by atoms with Crippen molar-refractivity contribution in [3.8, 4) is 0 Å². The third-order valence-corrected chi connectivity index (χ3v) is 7.29. The standard InChI is InChI=1S/C24H26F3N3/c1-30(2)24(15-4-3-5-16(25)12-15)10-9-23(14-21(24)27)22-18(8-11-28-23)19-13-17(26)6-7-20(19)29-22/h3-7,12-13,21,28-29H,8-11,14H2,1-2H3. The second-order valence-corrected chi connectivity index (χ2v) is 8.93. The average Bonchev–Trinajstić information content (AvgIpc) is 3.08. The number of H-pyrrole nitrogens is 1. The van der Waals surface area contributed by atoms with Gasteiger partial charge in [-0.25, -0.2) is 13.2 Å². The van der Waals surface area contributed by atoms with Gasteiger partial charge in [-0.2, -0.15) is 0 Å². The van der Waals surface area contributed by atoms with E-state index in [1.54, 1.807) is 18.2 Å². The van der Waals surface area contributed by atoms with Crippen LogP contribution in [0.2, 0.25) is 0 Å². The van der Waals surface area contributed by atoms with Crippen LogP contribution in [0, 0.1) is 11.6 Å². The smallest absolute Gasteiger partial charge is 0.125 e. The molecular weight excluding hydrogens is 387 g/mol. The highest BCUT2D eigenvalue weighted by Crippen LogP contribution is 2.51. The lowest BCUT2D eigenvalue weighted by Crippen LogP contribution is -2.60. The van der Waals surface area contributed by atoms with Crippen LogP contribution in [0.25, 0.3) is 10.9 Å². The lowest BCUT2D eigenvalue weighted by Gasteiger charge is -2.53. The predicted molar refractivity (Wildman–Crippen MR) is 112 cm³/mol. The van der Waals surface area contributed by atoms with Gasteiger partial charge in [-0.1, -0.05) is 12.1 Å². The van der Waals surface area contributed by atoms with Crippen molar-refractivity contribution in [1.82, 2.24) is 15.2 Å². The van der Waals surface area contributed by atoms with Crippen LogP contribution >= 0.6 is 0 Å². The number of benzene rings is 2. The van der Waals surface area contributed by atoms with E-state index in [1.165, 1.54) is 18.2 Å². The van der Waals surface area contributed by atoms with E-state index in [9.17, 15) is 8.78 Å². The van der Waals surface area contributed by atoms with E-state index < -0.39 is 17.2 Å². The number of hydrogen-bond donors (Lipinski definition) is 2. The summed E-state index contributed by atoms with van der Waals surface area (Å²) in [6.45, 7) is 0.720. The SMILES string of the molecule is CN(C)C1(c2cccc(F)c2)CCC2(CC1F)NCCc1c2[nH]c2ccc(F)cc12. The summed E-state index contributed by atoms with van der Waals surface area (Å²) in [5, 5.41) is 4.46. The van der Waals surface area contributed by atoms with E-state index in [-0.39, 0.29) is 18.1 Å². The molecular formula is C24H26F3N3. The van der Waals surface area contributed by atoms with Crippen molar-refractivity contribution in [3.63, 3.8) is 0 Å². The van der Waals surface area contributed by atoms with E-state index >= 15 is 4.39 Å². The number of alkyl halides is 1. The predicted octanol–water partition coefficient (Wildman–Crippen LogP) is 4.77. The second kappa shape index (κ2) is 6.86. The van der Waals surface area contributed by atoms with Crippen LogP contribution < -0.4 is 5.32 Å². The van der Waals surface area contributed by atoms with Crippen LogP contribution in [0.3, 0.4) is 0 Å². The molecule has 2 aliphatic rings. The molecule has 1 saturated carbocycles. The molecule has 3 aromatic rings. The minimum atomic E-state index is -1.20. The maximum atomic E-state index is 16.1. The Morgan fingerprint density at radius 2 is 1.83 bits per heavy atom. The zero-order valence-corrected chi connectivity index (χ0v) is 17.2. The van der Waals surface area contributed by atoms with Crippen molar-refractivity contribution in [1.29, 1.82) is 0 Å². The largest absolute Gasteiger partial charge is 0.357 e. The molecule has 0 radical (unpaired) electrons. The number of hydrogen-bond acceptors (Lipinski definition) is 2. The fourth-order valence-corrected chi connectivity index (χ4v) is 5.77. The quantitative estimate of drug-likeness (QED) is 0.634. The zero-order chi connectivity index (χ0) is 21.1. The molecule has 1 aromatic heterocycles. The molecule has 6 heteroatoms. The molecule has 0 amide bonds. The first kappa shape index (κ1) is 19.6. The molecule has 1 aliphatic heterocycles. The highest BCUT2D eigenvalue weighted by atomic mass is 19.1. The van der Waals surface area contributed by atoms with Crippen molar-refractivity contribution >= 4 is 10.9 Å². The first-order valence-corrected chi connectivity index (χ1v) is 10.5. The highest BCUT2D eigenvalue weighted by molar-refractivity contribution is 5.85. The van der Waals surface area contributed by atoms with Gasteiger partial charge in [0.1, 0.15) is 17.8 Å². The summed E-state index contributed by atoms with van der Waals surface area (Å²) < 4.78 is 44.0. The Kier molecular flexibility index (Phi) is 4.49. The Morgan fingerprint density at radius 3 is 2.57 bits per heavy atom. The molecule has 2 aromatic carbocycles. The van der Waals surface area contributed by atoms with Crippen molar-refractivity contribution in [2.24, 2.45) is 0 Å². The molecule has 0 saturated heterocycles. The maximum Gasteiger partial charge on any atom is 0.125 e. The molecule has 1 aliphatic carbocycles. The number of nitrogens with zero attached hydrogens (tertiary/aromatic N) is 1. The summed E-state index contributed by atoms with van der Waals surface area (Å²) in [7, 11) is 3.72. The number of fused-ring (bicyclic) bond motifs is 4. The summed E-state index contributed by atoms with van der Waals surface area (Å²) in [5.41, 5.74) is 2.20. The summed E-state index contributed by atoms with van der Waals surface area (Å²) in [6.07, 6.45) is 1.08. The van der Waals surface area contributed by atoms with Crippen LogP contribution in [0.15, 0.2) is 42.5 Å². The third kappa shape index (κ3) is 2.73. The molecule has 2 heterocycles. The number of nitrogens with one attached hydrogen (secondary N) is 2. The van der Waals surface area contributed by atoms with Crippen LogP contribution in [0.1, 0.15) is 36.1 Å². The summed E-state index contributed by atoms with van der Waals surface area (Å²) in [5.74, 6) is -0.612. The second-order valence-electron chi connectivity index (χ2n) is 8.93. The van der Waals surface area contributed by atoms with Crippen molar-refractivity contribution < 1.29 is 13.2 Å². The minimum Gasteiger partial charge on any atom is -0.357 e. The Labute approximate surface area is 174 Å². The Morgan fingerprint density at radius 1 is 1.03 bits per heavy atom. The van der Waals surface area contributed by atoms with E-state index in [1.807, 2.05) is 25.1 Å². The topological polar surface area (TPSA) is 31.1 Å². The van der Waals surface area contributed by atoms with E-state index in [2.05, 4.69) is 10.3 Å². The van der Waals surface area contributed by atoms with Gasteiger partial charge in [0.25, 0.3) is 0 Å². The van der Waals surface area contributed by atoms with E-state index in [0.29, 0.717) is 18.4 Å². The Balaban J connectivity index is 1.58. The third-order valence-electron chi connectivity index (χ3n) is 7.29. The zero-order valence-electron chi connectivity index (χ0n) is 17.2. The van der Waals surface area contributed by atoms with Gasteiger partial charge in [0.15, 0.2) is 0 Å². The Bertz CT molecular complexity index is 1110. The summed E-state index contributed by atoms with van der Waals surface area (Å²) in [6, 6.07) is 11.1. The fourth-order valence-electron chi connectivity index (χ4n) is 5.77. The summed E-state index contributed by atoms with van der Waals surface area (Å²) in [4.78, 5) is 5.35. The van der Waals surface area contributed by atoms with Gasteiger partial charge in [0.05, 0.1) is 11.1 Å². The summed E-state index contributed by atoms with van der Waals surface area (Å²) >= 11 is 0. The molecule has 30 heavy (non-hydrogen) atoms. The molecule has 1 spiro atoms. The highest BCUT2D eigenvalue weighted by Gasteiger charge is 2.54. The molecule has 3 unspecified atom stereocenters. The van der Waals surface area contributed by atoms with Gasteiger partial charge in [-0.3, -0.25) is 4.90 Å². The van der Waals surface area contributed by atoms with Gasteiger partial charge in [0, 0.05) is 29.6 Å².